The molecule has 1 aromatic rings. The molecule has 1 aromatic carbocycles. The van der Waals surface area contributed by atoms with Gasteiger partial charge in [-0.15, -0.1) is 10.2 Å². The molecule has 0 aliphatic heterocycles. The van der Waals surface area contributed by atoms with Crippen molar-refractivity contribution in [1.29, 1.82) is 0 Å². The molecule has 1 rings (SSSR count). The summed E-state index contributed by atoms with van der Waals surface area (Å²) in [6.45, 7) is 6.97. The maximum Gasteiger partial charge on any atom is 0.147 e. The van der Waals surface area contributed by atoms with Crippen molar-refractivity contribution in [1.82, 2.24) is 4.90 Å². The van der Waals surface area contributed by atoms with Crippen molar-refractivity contribution in [3.63, 3.8) is 0 Å². The highest BCUT2D eigenvalue weighted by Crippen LogP contribution is 2.19. The van der Waals surface area contributed by atoms with Gasteiger partial charge in [0.1, 0.15) is 12.0 Å². The van der Waals surface area contributed by atoms with Gasteiger partial charge in [0.05, 0.1) is 18.9 Å². The summed E-state index contributed by atoms with van der Waals surface area (Å²) >= 11 is 0. The largest absolute Gasteiger partial charge is 0.375 e. The predicted octanol–water partition coefficient (Wildman–Crippen LogP) is 2.29. The zero-order chi connectivity index (χ0) is 15.0. The maximum atomic E-state index is 4.18. The van der Waals surface area contributed by atoms with Crippen molar-refractivity contribution in [3.8, 4) is 0 Å². The molecule has 2 N–H and O–H groups in total. The number of hydrogen-bond acceptors (Lipinski definition) is 4. The minimum Gasteiger partial charge on any atom is -0.375 e. The number of rotatable bonds is 7. The molecule has 0 unspecified atom stereocenters. The van der Waals surface area contributed by atoms with Crippen LogP contribution >= 0.6 is 0 Å². The van der Waals surface area contributed by atoms with Crippen LogP contribution in [0.3, 0.4) is 0 Å². The summed E-state index contributed by atoms with van der Waals surface area (Å²) in [5.74, 6) is 0.595. The number of hydrogen-bond donors (Lipinski definition) is 1. The topological polar surface area (TPSA) is 47.8 Å². The molecule has 108 valence electrons. The molecule has 0 aliphatic rings. The Kier molecular flexibility index (Phi) is 6.46. The molecule has 0 aromatic heterocycles. The molecule has 0 saturated carbocycles. The van der Waals surface area contributed by atoms with E-state index >= 15 is 0 Å². The van der Waals surface area contributed by atoms with Crippen molar-refractivity contribution in [2.45, 2.75) is 6.92 Å². The molecular formula is C15H24N5+. The van der Waals surface area contributed by atoms with E-state index in [4.69, 9.17) is 0 Å². The first kappa shape index (κ1) is 15.9. The van der Waals surface area contributed by atoms with E-state index in [2.05, 4.69) is 35.7 Å². The quantitative estimate of drug-likeness (QED) is 0.776. The molecule has 0 spiro atoms. The van der Waals surface area contributed by atoms with Crippen molar-refractivity contribution >= 4 is 11.4 Å². The van der Waals surface area contributed by atoms with Crippen LogP contribution < -0.4 is 10.2 Å². The van der Waals surface area contributed by atoms with Gasteiger partial charge in [-0.1, -0.05) is 6.58 Å². The molecule has 0 aliphatic carbocycles. The van der Waals surface area contributed by atoms with Crippen LogP contribution in [-0.4, -0.2) is 32.6 Å². The number of anilines is 1. The van der Waals surface area contributed by atoms with Crippen molar-refractivity contribution < 1.29 is 5.32 Å². The molecular weight excluding hydrogens is 250 g/mol. The van der Waals surface area contributed by atoms with Gasteiger partial charge in [0.2, 0.25) is 0 Å². The number of quaternary nitrogens is 1. The van der Waals surface area contributed by atoms with E-state index < -0.39 is 0 Å². The van der Waals surface area contributed by atoms with Crippen molar-refractivity contribution in [2.24, 2.45) is 10.2 Å². The minimum absolute atomic E-state index is 0.595. The Morgan fingerprint density at radius 3 is 2.50 bits per heavy atom. The summed E-state index contributed by atoms with van der Waals surface area (Å²) in [5.41, 5.74) is 1.99. The first-order valence-corrected chi connectivity index (χ1v) is 6.69. The normalized spacial score (nSPS) is 11.2. The Morgan fingerprint density at radius 2 is 1.95 bits per heavy atom. The van der Waals surface area contributed by atoms with Gasteiger partial charge in [-0.25, -0.2) is 0 Å². The third-order valence-corrected chi connectivity index (χ3v) is 2.95. The van der Waals surface area contributed by atoms with Crippen LogP contribution in [0.2, 0.25) is 0 Å². The Labute approximate surface area is 121 Å². The van der Waals surface area contributed by atoms with E-state index in [1.54, 1.807) is 0 Å². The first-order chi connectivity index (χ1) is 9.58. The monoisotopic (exact) mass is 274 g/mol. The van der Waals surface area contributed by atoms with Crippen LogP contribution in [-0.2, 0) is 0 Å². The summed E-state index contributed by atoms with van der Waals surface area (Å²) in [6.07, 6.45) is 3.82. The fraction of sp³-hybridized carbons (Fsp3) is 0.333. The molecule has 0 heterocycles. The van der Waals surface area contributed by atoms with Gasteiger partial charge in [-0.3, -0.25) is 0 Å². The summed E-state index contributed by atoms with van der Waals surface area (Å²) in [6, 6.07) is 7.98. The highest BCUT2D eigenvalue weighted by Gasteiger charge is 1.99. The predicted molar refractivity (Wildman–Crippen MR) is 83.8 cm³/mol. The molecule has 0 amide bonds. The number of azo groups is 1. The fourth-order valence-corrected chi connectivity index (χ4v) is 1.44. The average Bonchev–Trinajstić information content (AvgIpc) is 2.49. The highest BCUT2D eigenvalue weighted by atomic mass is 15.3. The zero-order valence-electron chi connectivity index (χ0n) is 12.7. The lowest BCUT2D eigenvalue weighted by molar-refractivity contribution is -0.557. The molecule has 5 heteroatoms. The van der Waals surface area contributed by atoms with E-state index in [1.807, 2.05) is 61.0 Å². The van der Waals surface area contributed by atoms with Crippen LogP contribution in [0.15, 0.2) is 59.3 Å². The lowest BCUT2D eigenvalue weighted by Crippen LogP contribution is -2.72. The van der Waals surface area contributed by atoms with Crippen LogP contribution in [0, 0.1) is 0 Å². The molecule has 0 saturated heterocycles. The Bertz CT molecular complexity index is 476. The minimum atomic E-state index is 0.595. The van der Waals surface area contributed by atoms with Gasteiger partial charge in [-0.2, -0.15) is 0 Å². The third-order valence-electron chi connectivity index (χ3n) is 2.95. The number of nitrogens with zero attached hydrogens (tertiary/aromatic N) is 4. The highest BCUT2D eigenvalue weighted by molar-refractivity contribution is 5.52. The SMILES string of the molecule is C=C(N=Nc1ccc(N(C)CC)cc1)N(C)C=C[NH2+]C. The summed E-state index contributed by atoms with van der Waals surface area (Å²) in [5, 5.41) is 10.3. The lowest BCUT2D eigenvalue weighted by Gasteiger charge is -2.16. The second-order valence-electron chi connectivity index (χ2n) is 4.43. The Hall–Kier alpha value is -2.14. The summed E-state index contributed by atoms with van der Waals surface area (Å²) in [7, 11) is 5.91. The smallest absolute Gasteiger partial charge is 0.147 e. The lowest BCUT2D eigenvalue weighted by atomic mass is 10.2. The van der Waals surface area contributed by atoms with Gasteiger partial charge in [0.15, 0.2) is 0 Å². The Morgan fingerprint density at radius 1 is 1.30 bits per heavy atom. The Balaban J connectivity index is 2.66. The van der Waals surface area contributed by atoms with E-state index in [0.29, 0.717) is 5.82 Å². The van der Waals surface area contributed by atoms with Gasteiger partial charge < -0.3 is 15.1 Å². The van der Waals surface area contributed by atoms with Gasteiger partial charge in [0, 0.05) is 26.3 Å². The second kappa shape index (κ2) is 8.12. The average molecular weight is 274 g/mol. The van der Waals surface area contributed by atoms with Crippen LogP contribution in [0.5, 0.6) is 0 Å². The summed E-state index contributed by atoms with van der Waals surface area (Å²) < 4.78 is 0. The second-order valence-corrected chi connectivity index (χ2v) is 4.43. The summed E-state index contributed by atoms with van der Waals surface area (Å²) in [4.78, 5) is 3.99. The standard InChI is InChI=1S/C15H23N5/c1-6-19(4)15-9-7-14(8-10-15)18-17-13(2)20(5)12-11-16-3/h7-12,16H,2,6H2,1,3-5H3/p+1. The van der Waals surface area contributed by atoms with Crippen LogP contribution in [0.25, 0.3) is 0 Å². The molecule has 20 heavy (non-hydrogen) atoms. The molecule has 0 fully saturated rings. The van der Waals surface area contributed by atoms with Gasteiger partial charge in [-0.05, 0) is 31.2 Å². The fourth-order valence-electron chi connectivity index (χ4n) is 1.44. The first-order valence-electron chi connectivity index (χ1n) is 6.69. The van der Waals surface area contributed by atoms with Crippen molar-refractivity contribution in [2.75, 3.05) is 32.6 Å². The number of benzene rings is 1. The molecule has 0 atom stereocenters. The van der Waals surface area contributed by atoms with Gasteiger partial charge >= 0.3 is 0 Å². The molecule has 5 nitrogen and oxygen atoms in total. The van der Waals surface area contributed by atoms with Crippen LogP contribution in [0.1, 0.15) is 6.92 Å². The molecule has 0 bridgehead atoms. The van der Waals surface area contributed by atoms with E-state index in [9.17, 15) is 0 Å². The molecule has 0 radical (unpaired) electrons. The van der Waals surface area contributed by atoms with E-state index in [-0.39, 0.29) is 0 Å². The van der Waals surface area contributed by atoms with E-state index in [0.717, 1.165) is 12.2 Å². The van der Waals surface area contributed by atoms with Crippen LogP contribution in [0.4, 0.5) is 11.4 Å². The van der Waals surface area contributed by atoms with E-state index in [1.165, 1.54) is 5.69 Å². The van der Waals surface area contributed by atoms with Crippen molar-refractivity contribution in [3.05, 3.63) is 49.1 Å². The van der Waals surface area contributed by atoms with Gasteiger partial charge in [0.25, 0.3) is 0 Å². The number of nitrogens with two attached hydrogens (primary N) is 1. The maximum absolute atomic E-state index is 4.18. The zero-order valence-corrected chi connectivity index (χ0v) is 12.7. The third kappa shape index (κ3) is 4.85.